The summed E-state index contributed by atoms with van der Waals surface area (Å²) in [6.45, 7) is 4.27. The Labute approximate surface area is 82.6 Å². The summed E-state index contributed by atoms with van der Waals surface area (Å²) in [5.74, 6) is -0.143. The summed E-state index contributed by atoms with van der Waals surface area (Å²) in [4.78, 5) is 4.11. The number of halogens is 1. The molecular formula is C8H11FLiNSi. The predicted molar refractivity (Wildman–Crippen MR) is 51.9 cm³/mol. The SMILES string of the molecule is [Li][CH2][Si](C)(C)c1ncccc1F. The van der Waals surface area contributed by atoms with Crippen LogP contribution in [0.3, 0.4) is 0 Å². The van der Waals surface area contributed by atoms with E-state index in [9.17, 15) is 4.39 Å². The van der Waals surface area contributed by atoms with Crippen molar-refractivity contribution in [3.05, 3.63) is 24.1 Å². The van der Waals surface area contributed by atoms with E-state index in [0.717, 1.165) is 4.72 Å². The van der Waals surface area contributed by atoms with Crippen LogP contribution in [0.15, 0.2) is 18.3 Å². The molecule has 1 rings (SSSR count). The van der Waals surface area contributed by atoms with Gasteiger partial charge in [0.15, 0.2) is 0 Å². The summed E-state index contributed by atoms with van der Waals surface area (Å²) in [5.41, 5.74) is 0. The van der Waals surface area contributed by atoms with E-state index >= 15 is 0 Å². The Hall–Kier alpha value is -0.106. The number of nitrogens with zero attached hydrogens (tertiary/aromatic N) is 1. The van der Waals surface area contributed by atoms with E-state index in [1.54, 1.807) is 12.3 Å². The zero-order chi connectivity index (χ0) is 9.19. The van der Waals surface area contributed by atoms with Gasteiger partial charge in [-0.2, -0.15) is 0 Å². The van der Waals surface area contributed by atoms with Crippen molar-refractivity contribution < 1.29 is 4.39 Å². The van der Waals surface area contributed by atoms with Gasteiger partial charge in [-0.25, -0.2) is 0 Å². The zero-order valence-electron chi connectivity index (χ0n) is 7.76. The number of hydrogen-bond acceptors (Lipinski definition) is 1. The van der Waals surface area contributed by atoms with Crippen LogP contribution in [0, 0.1) is 5.82 Å². The van der Waals surface area contributed by atoms with E-state index in [1.807, 2.05) is 0 Å². The Balaban J connectivity index is 3.10. The summed E-state index contributed by atoms with van der Waals surface area (Å²) in [5, 5.41) is 0.701. The zero-order valence-corrected chi connectivity index (χ0v) is 8.76. The molecule has 0 aliphatic carbocycles. The van der Waals surface area contributed by atoms with Crippen molar-refractivity contribution in [3.63, 3.8) is 0 Å². The van der Waals surface area contributed by atoms with E-state index in [0.29, 0.717) is 5.32 Å². The van der Waals surface area contributed by atoms with E-state index in [-0.39, 0.29) is 5.82 Å². The molecule has 0 saturated carbocycles. The number of hydrogen-bond donors (Lipinski definition) is 0. The van der Waals surface area contributed by atoms with Gasteiger partial charge in [0.1, 0.15) is 0 Å². The minimum atomic E-state index is -1.58. The Bertz CT molecular complexity index is 278. The second-order valence-electron chi connectivity index (χ2n) is 3.57. The van der Waals surface area contributed by atoms with Crippen molar-refractivity contribution >= 4 is 31.1 Å². The van der Waals surface area contributed by atoms with Crippen molar-refractivity contribution in [3.8, 4) is 0 Å². The second kappa shape index (κ2) is 3.74. The third-order valence-corrected chi connectivity index (χ3v) is 5.70. The van der Waals surface area contributed by atoms with Crippen molar-refractivity contribution in [1.82, 2.24) is 4.98 Å². The van der Waals surface area contributed by atoms with Crippen molar-refractivity contribution in [2.45, 2.75) is 17.8 Å². The van der Waals surface area contributed by atoms with E-state index in [1.165, 1.54) is 6.07 Å². The van der Waals surface area contributed by atoms with Gasteiger partial charge >= 0.3 is 82.4 Å². The molecule has 1 aromatic heterocycles. The van der Waals surface area contributed by atoms with Gasteiger partial charge in [-0.15, -0.1) is 0 Å². The van der Waals surface area contributed by atoms with Crippen LogP contribution in [-0.2, 0) is 0 Å². The molecule has 0 aliphatic rings. The van der Waals surface area contributed by atoms with Crippen LogP contribution in [0.1, 0.15) is 0 Å². The van der Waals surface area contributed by atoms with Gasteiger partial charge in [0.25, 0.3) is 0 Å². The number of aromatic nitrogens is 1. The standard InChI is InChI=1S/C8H11FNSi.Li/c1-11(2,3)8-7(9)5-4-6-10-8;/h4-6H,1H2,2-3H3;. The molecule has 0 aromatic carbocycles. The van der Waals surface area contributed by atoms with Crippen molar-refractivity contribution in [2.24, 2.45) is 0 Å². The van der Waals surface area contributed by atoms with Crippen LogP contribution in [0.4, 0.5) is 4.39 Å². The van der Waals surface area contributed by atoms with Gasteiger partial charge in [-0.3, -0.25) is 0 Å². The molecule has 0 fully saturated rings. The Kier molecular flexibility index (Phi) is 3.11. The molecule has 12 heavy (non-hydrogen) atoms. The monoisotopic (exact) mass is 175 g/mol. The first-order chi connectivity index (χ1) is 5.58. The third kappa shape index (κ3) is 1.98. The Morgan fingerprint density at radius 1 is 1.58 bits per heavy atom. The summed E-state index contributed by atoms with van der Waals surface area (Å²) >= 11 is 2.10. The molecule has 60 valence electrons. The molecule has 0 spiro atoms. The summed E-state index contributed by atoms with van der Waals surface area (Å²) in [6.07, 6.45) is 1.67. The second-order valence-corrected chi connectivity index (χ2v) is 8.52. The van der Waals surface area contributed by atoms with E-state index in [4.69, 9.17) is 0 Å². The van der Waals surface area contributed by atoms with Gasteiger partial charge in [0.05, 0.1) is 0 Å². The maximum atomic E-state index is 13.2. The van der Waals surface area contributed by atoms with Crippen LogP contribution >= 0.6 is 0 Å². The fourth-order valence-corrected chi connectivity index (χ4v) is 2.54. The van der Waals surface area contributed by atoms with Crippen LogP contribution in [0.5, 0.6) is 0 Å². The third-order valence-electron chi connectivity index (χ3n) is 2.28. The van der Waals surface area contributed by atoms with Crippen LogP contribution in [0.2, 0.25) is 17.8 Å². The first-order valence-electron chi connectivity index (χ1n) is 4.19. The Morgan fingerprint density at radius 3 is 2.75 bits per heavy atom. The fraction of sp³-hybridized carbons (Fsp3) is 0.375. The summed E-state index contributed by atoms with van der Waals surface area (Å²) in [7, 11) is -1.58. The van der Waals surface area contributed by atoms with Crippen molar-refractivity contribution in [2.75, 3.05) is 0 Å². The van der Waals surface area contributed by atoms with Gasteiger partial charge in [-0.1, -0.05) is 0 Å². The number of pyridine rings is 1. The maximum absolute atomic E-state index is 13.2. The average molecular weight is 175 g/mol. The molecule has 0 bridgehead atoms. The molecule has 0 radical (unpaired) electrons. The van der Waals surface area contributed by atoms with Gasteiger partial charge in [0.2, 0.25) is 0 Å². The van der Waals surface area contributed by atoms with Crippen LogP contribution < -0.4 is 5.32 Å². The first-order valence-corrected chi connectivity index (χ1v) is 7.39. The number of rotatable bonds is 2. The molecule has 1 nitrogen and oxygen atoms in total. The molecule has 0 aliphatic heterocycles. The molecule has 0 N–H and O–H groups in total. The van der Waals surface area contributed by atoms with Gasteiger partial charge in [-0.05, 0) is 0 Å². The molecule has 1 aromatic rings. The summed E-state index contributed by atoms with van der Waals surface area (Å²) < 4.78 is 14.3. The summed E-state index contributed by atoms with van der Waals surface area (Å²) in [6, 6.07) is 3.13. The molecular weight excluding hydrogens is 164 g/mol. The first kappa shape index (κ1) is 9.98. The average Bonchev–Trinajstić information content (AvgIpc) is 2.05. The Morgan fingerprint density at radius 2 is 2.25 bits per heavy atom. The topological polar surface area (TPSA) is 12.9 Å². The van der Waals surface area contributed by atoms with Crippen LogP contribution in [-0.4, -0.2) is 30.8 Å². The normalized spacial score (nSPS) is 11.8. The quantitative estimate of drug-likeness (QED) is 0.617. The molecule has 1 heterocycles. The molecule has 0 unspecified atom stereocenters. The molecule has 0 amide bonds. The van der Waals surface area contributed by atoms with E-state index in [2.05, 4.69) is 35.8 Å². The predicted octanol–water partition coefficient (Wildman–Crippen LogP) is 1.26. The van der Waals surface area contributed by atoms with Crippen LogP contribution in [0.25, 0.3) is 0 Å². The van der Waals surface area contributed by atoms with Crippen molar-refractivity contribution in [1.29, 1.82) is 0 Å². The van der Waals surface area contributed by atoms with Gasteiger partial charge in [0, 0.05) is 0 Å². The molecule has 4 heteroatoms. The molecule has 0 saturated heterocycles. The van der Waals surface area contributed by atoms with Gasteiger partial charge < -0.3 is 0 Å². The minimum absolute atomic E-state index is 0.143. The molecule has 0 atom stereocenters. The fourth-order valence-electron chi connectivity index (χ4n) is 1.05. The van der Waals surface area contributed by atoms with E-state index < -0.39 is 8.07 Å².